The number of amides is 1. The second kappa shape index (κ2) is 3.39. The van der Waals surface area contributed by atoms with Crippen LogP contribution < -0.4 is 0 Å². The zero-order valence-electron chi connectivity index (χ0n) is 11.4. The summed E-state index contributed by atoms with van der Waals surface area (Å²) in [7, 11) is 0. The molecule has 3 atom stereocenters. The van der Waals surface area contributed by atoms with Crippen LogP contribution in [0.2, 0.25) is 0 Å². The second-order valence-corrected chi connectivity index (χ2v) is 8.11. The van der Waals surface area contributed by atoms with Crippen LogP contribution in [0.3, 0.4) is 0 Å². The molecule has 110 valence electrons. The highest BCUT2D eigenvalue weighted by molar-refractivity contribution is 9.10. The van der Waals surface area contributed by atoms with Crippen LogP contribution in [0.1, 0.15) is 39.0 Å². The van der Waals surface area contributed by atoms with Crippen LogP contribution in [0, 0.1) is 10.8 Å². The van der Waals surface area contributed by atoms with Crippen LogP contribution in [0.4, 0.5) is 4.39 Å². The molecule has 2 aliphatic carbocycles. The molecule has 6 heteroatoms. The Kier molecular flexibility index (Phi) is 2.21. The molecule has 0 N–H and O–H groups in total. The number of ether oxygens (including phenoxy) is 1. The Bertz CT molecular complexity index is 533. The van der Waals surface area contributed by atoms with Crippen molar-refractivity contribution in [3.63, 3.8) is 0 Å². The third-order valence-electron chi connectivity index (χ3n) is 5.86. The highest BCUT2D eigenvalue weighted by Crippen LogP contribution is 2.77. The topological polar surface area (TPSA) is 46.6 Å². The molecular weight excluding hydrogens is 329 g/mol. The van der Waals surface area contributed by atoms with Gasteiger partial charge in [-0.3, -0.25) is 4.79 Å². The number of alkyl halides is 2. The van der Waals surface area contributed by atoms with E-state index in [1.54, 1.807) is 11.8 Å². The number of fused-ring (bicyclic) bond motifs is 2. The summed E-state index contributed by atoms with van der Waals surface area (Å²) in [5.41, 5.74) is -1.78. The van der Waals surface area contributed by atoms with Gasteiger partial charge in [0.05, 0.1) is 6.61 Å². The number of carbonyl (C=O) groups is 2. The fraction of sp³-hybridized carbons (Fsp3) is 0.857. The summed E-state index contributed by atoms with van der Waals surface area (Å²) in [6.07, 6.45) is 2.94. The largest absolute Gasteiger partial charge is 0.464 e. The first-order valence-electron chi connectivity index (χ1n) is 7.18. The number of carbonyl (C=O) groups excluding carboxylic acids is 2. The van der Waals surface area contributed by atoms with Gasteiger partial charge in [-0.05, 0) is 42.1 Å². The molecule has 2 saturated carbocycles. The van der Waals surface area contributed by atoms with Crippen LogP contribution in [0.25, 0.3) is 0 Å². The molecule has 4 rings (SSSR count). The maximum atomic E-state index is 14.3. The Labute approximate surface area is 125 Å². The van der Waals surface area contributed by atoms with Crippen LogP contribution in [0.15, 0.2) is 0 Å². The molecule has 0 radical (unpaired) electrons. The molecule has 4 nitrogen and oxygen atoms in total. The zero-order valence-corrected chi connectivity index (χ0v) is 13.0. The number of hydrogen-bond donors (Lipinski definition) is 0. The van der Waals surface area contributed by atoms with Crippen molar-refractivity contribution in [3.8, 4) is 0 Å². The molecule has 20 heavy (non-hydrogen) atoms. The monoisotopic (exact) mass is 345 g/mol. The molecule has 0 aromatic heterocycles. The summed E-state index contributed by atoms with van der Waals surface area (Å²) in [5.74, 6) is -0.335. The minimum absolute atomic E-state index is 0.0115. The summed E-state index contributed by atoms with van der Waals surface area (Å²) in [6.45, 7) is 2.40. The molecule has 2 aliphatic heterocycles. The Morgan fingerprint density at radius 3 is 2.55 bits per heavy atom. The van der Waals surface area contributed by atoms with Crippen molar-refractivity contribution in [3.05, 3.63) is 0 Å². The summed E-state index contributed by atoms with van der Waals surface area (Å²) in [5, 5.41) is 0. The Hall–Kier alpha value is -0.650. The summed E-state index contributed by atoms with van der Waals surface area (Å²) in [6, 6.07) is 0. The number of esters is 1. The minimum Gasteiger partial charge on any atom is -0.464 e. The fourth-order valence-corrected chi connectivity index (χ4v) is 5.32. The highest BCUT2D eigenvalue weighted by atomic mass is 79.9. The standard InChI is InChI=1S/C14H17BrFNO3/c1-2-20-10(19)13-6-12(7-14(12,15)16)8-17(13)9(18)5-11(13)3-4-11/h2-8H2,1H3/t12-,13-,14?/m0/s1. The smallest absolute Gasteiger partial charge is 0.332 e. The van der Waals surface area contributed by atoms with Crippen molar-refractivity contribution in [2.75, 3.05) is 13.2 Å². The molecule has 2 spiro atoms. The highest BCUT2D eigenvalue weighted by Gasteiger charge is 2.84. The van der Waals surface area contributed by atoms with Gasteiger partial charge < -0.3 is 9.64 Å². The molecule has 2 heterocycles. The second-order valence-electron chi connectivity index (χ2n) is 6.86. The molecule has 1 unspecified atom stereocenters. The molecule has 4 fully saturated rings. The van der Waals surface area contributed by atoms with E-state index >= 15 is 0 Å². The summed E-state index contributed by atoms with van der Waals surface area (Å²) < 4.78 is 18.2. The van der Waals surface area contributed by atoms with Gasteiger partial charge in [0.1, 0.15) is 5.54 Å². The van der Waals surface area contributed by atoms with Crippen LogP contribution in [-0.2, 0) is 14.3 Å². The zero-order chi connectivity index (χ0) is 14.4. The first-order valence-corrected chi connectivity index (χ1v) is 7.97. The number of rotatable bonds is 2. The van der Waals surface area contributed by atoms with Crippen molar-refractivity contribution >= 4 is 27.8 Å². The number of halogens is 2. The minimum atomic E-state index is -1.43. The van der Waals surface area contributed by atoms with E-state index in [1.807, 2.05) is 0 Å². The van der Waals surface area contributed by atoms with E-state index in [-0.39, 0.29) is 17.3 Å². The third-order valence-corrected chi connectivity index (χ3v) is 6.98. The van der Waals surface area contributed by atoms with Gasteiger partial charge in [0.25, 0.3) is 0 Å². The van der Waals surface area contributed by atoms with Crippen molar-refractivity contribution < 1.29 is 18.7 Å². The molecule has 0 aromatic rings. The predicted octanol–water partition coefficient (Wildman–Crippen LogP) is 2.16. The lowest BCUT2D eigenvalue weighted by atomic mass is 9.77. The van der Waals surface area contributed by atoms with Gasteiger partial charge in [-0.15, -0.1) is 0 Å². The van der Waals surface area contributed by atoms with Gasteiger partial charge in [-0.2, -0.15) is 0 Å². The average molecular weight is 346 g/mol. The Morgan fingerprint density at radius 1 is 1.40 bits per heavy atom. The number of nitrogens with zero attached hydrogens (tertiary/aromatic N) is 1. The van der Waals surface area contributed by atoms with Gasteiger partial charge in [-0.1, -0.05) is 0 Å². The molecule has 1 amide bonds. The number of hydrogen-bond acceptors (Lipinski definition) is 3. The van der Waals surface area contributed by atoms with E-state index in [9.17, 15) is 14.0 Å². The molecule has 0 aromatic carbocycles. The van der Waals surface area contributed by atoms with Gasteiger partial charge >= 0.3 is 5.97 Å². The van der Waals surface area contributed by atoms with Crippen LogP contribution in [0.5, 0.6) is 0 Å². The van der Waals surface area contributed by atoms with Crippen molar-refractivity contribution in [2.45, 2.75) is 49.1 Å². The first kappa shape index (κ1) is 13.0. The van der Waals surface area contributed by atoms with E-state index in [1.165, 1.54) is 0 Å². The SMILES string of the molecule is CCOC(=O)[C@]12C[C@@]3(CN1C(=O)CC21CC1)CC3(F)Br. The van der Waals surface area contributed by atoms with Gasteiger partial charge in [0.2, 0.25) is 5.91 Å². The van der Waals surface area contributed by atoms with Gasteiger partial charge in [0, 0.05) is 30.2 Å². The van der Waals surface area contributed by atoms with Gasteiger partial charge in [-0.25, -0.2) is 9.18 Å². The molecular formula is C14H17BrFNO3. The van der Waals surface area contributed by atoms with Crippen molar-refractivity contribution in [1.29, 1.82) is 0 Å². The molecule has 0 bridgehead atoms. The quantitative estimate of drug-likeness (QED) is 0.569. The van der Waals surface area contributed by atoms with E-state index in [4.69, 9.17) is 4.74 Å². The molecule has 4 aliphatic rings. The van der Waals surface area contributed by atoms with Crippen LogP contribution in [-0.4, -0.2) is 40.0 Å². The predicted molar refractivity (Wildman–Crippen MR) is 71.8 cm³/mol. The first-order chi connectivity index (χ1) is 9.33. The molecule has 2 saturated heterocycles. The Balaban J connectivity index is 1.78. The average Bonchev–Trinajstić information content (AvgIpc) is 3.14. The van der Waals surface area contributed by atoms with Crippen molar-refractivity contribution in [2.24, 2.45) is 10.8 Å². The Morgan fingerprint density at radius 2 is 2.05 bits per heavy atom. The lowest BCUT2D eigenvalue weighted by molar-refractivity contribution is -0.160. The van der Waals surface area contributed by atoms with E-state index in [0.29, 0.717) is 32.4 Å². The normalized spacial score (nSPS) is 47.0. The lowest BCUT2D eigenvalue weighted by Gasteiger charge is -2.34. The van der Waals surface area contributed by atoms with Crippen molar-refractivity contribution in [1.82, 2.24) is 4.90 Å². The van der Waals surface area contributed by atoms with Crippen LogP contribution >= 0.6 is 15.9 Å². The van der Waals surface area contributed by atoms with E-state index < -0.39 is 15.5 Å². The summed E-state index contributed by atoms with van der Waals surface area (Å²) >= 11 is 3.11. The fourth-order valence-electron chi connectivity index (χ4n) is 4.52. The maximum absolute atomic E-state index is 14.3. The van der Waals surface area contributed by atoms with Gasteiger partial charge in [0.15, 0.2) is 4.58 Å². The van der Waals surface area contributed by atoms with E-state index in [2.05, 4.69) is 15.9 Å². The van der Waals surface area contributed by atoms with E-state index in [0.717, 1.165) is 12.8 Å². The third kappa shape index (κ3) is 1.23. The lowest BCUT2D eigenvalue weighted by Crippen LogP contribution is -2.53. The summed E-state index contributed by atoms with van der Waals surface area (Å²) in [4.78, 5) is 26.6. The maximum Gasteiger partial charge on any atom is 0.332 e.